The molecular formula is C18H24N4OS. The van der Waals surface area contributed by atoms with Crippen molar-refractivity contribution in [3.05, 3.63) is 35.0 Å². The highest BCUT2D eigenvalue weighted by Crippen LogP contribution is 2.26. The quantitative estimate of drug-likeness (QED) is 0.905. The van der Waals surface area contributed by atoms with Gasteiger partial charge in [0.25, 0.3) is 5.91 Å². The monoisotopic (exact) mass is 344 g/mol. The minimum Gasteiger partial charge on any atom is -0.350 e. The van der Waals surface area contributed by atoms with Gasteiger partial charge in [-0.15, -0.1) is 11.3 Å². The number of pyridine rings is 1. The summed E-state index contributed by atoms with van der Waals surface area (Å²) in [6.07, 6.45) is 5.58. The lowest BCUT2D eigenvalue weighted by molar-refractivity contribution is 0.0941. The number of hydrogen-bond acceptors (Lipinski definition) is 5. The van der Waals surface area contributed by atoms with Gasteiger partial charge in [-0.2, -0.15) is 0 Å². The van der Waals surface area contributed by atoms with E-state index in [2.05, 4.69) is 27.1 Å². The summed E-state index contributed by atoms with van der Waals surface area (Å²) in [4.78, 5) is 24.4. The summed E-state index contributed by atoms with van der Waals surface area (Å²) >= 11 is 1.41. The molecule has 0 saturated carbocycles. The maximum atomic E-state index is 12.5. The van der Waals surface area contributed by atoms with Gasteiger partial charge in [0.15, 0.2) is 0 Å². The molecule has 2 aromatic rings. The van der Waals surface area contributed by atoms with Crippen molar-refractivity contribution >= 4 is 17.2 Å². The van der Waals surface area contributed by atoms with E-state index in [1.165, 1.54) is 30.6 Å². The first kappa shape index (κ1) is 17.0. The van der Waals surface area contributed by atoms with Crippen molar-refractivity contribution in [2.75, 3.05) is 19.6 Å². The highest BCUT2D eigenvalue weighted by Gasteiger charge is 2.19. The molecule has 1 saturated heterocycles. The fraction of sp³-hybridized carbons (Fsp3) is 0.500. The Hall–Kier alpha value is -1.79. The van der Waals surface area contributed by atoms with Crippen molar-refractivity contribution in [3.8, 4) is 10.7 Å². The van der Waals surface area contributed by atoms with Crippen LogP contribution in [0.5, 0.6) is 0 Å². The first-order valence-electron chi connectivity index (χ1n) is 8.56. The van der Waals surface area contributed by atoms with Crippen LogP contribution < -0.4 is 5.32 Å². The smallest absolute Gasteiger partial charge is 0.263 e. The van der Waals surface area contributed by atoms with E-state index in [-0.39, 0.29) is 5.91 Å². The maximum absolute atomic E-state index is 12.5. The van der Waals surface area contributed by atoms with Crippen molar-refractivity contribution in [1.29, 1.82) is 0 Å². The Kier molecular flexibility index (Phi) is 5.58. The lowest BCUT2D eigenvalue weighted by Gasteiger charge is -2.33. The molecule has 1 N–H and O–H groups in total. The molecule has 0 spiro atoms. The number of piperidine rings is 1. The van der Waals surface area contributed by atoms with E-state index in [9.17, 15) is 4.79 Å². The summed E-state index contributed by atoms with van der Waals surface area (Å²) in [6, 6.07) is 6.34. The van der Waals surface area contributed by atoms with E-state index in [1.807, 2.05) is 25.1 Å². The minimum atomic E-state index is -0.0307. The van der Waals surface area contributed by atoms with Gasteiger partial charge in [-0.25, -0.2) is 4.98 Å². The zero-order chi connectivity index (χ0) is 16.9. The number of carbonyl (C=O) groups excluding carboxylic acids is 1. The minimum absolute atomic E-state index is 0.0307. The van der Waals surface area contributed by atoms with Crippen LogP contribution in [-0.2, 0) is 0 Å². The molecule has 24 heavy (non-hydrogen) atoms. The second-order valence-electron chi connectivity index (χ2n) is 6.29. The number of hydrogen-bond donors (Lipinski definition) is 1. The summed E-state index contributed by atoms with van der Waals surface area (Å²) in [5, 5.41) is 3.84. The zero-order valence-electron chi connectivity index (χ0n) is 14.3. The number of likely N-dealkylation sites (tertiary alicyclic amines) is 1. The molecule has 2 aromatic heterocycles. The van der Waals surface area contributed by atoms with Gasteiger partial charge in [0.05, 0.1) is 11.4 Å². The lowest BCUT2D eigenvalue weighted by Crippen LogP contribution is -2.42. The number of aryl methyl sites for hydroxylation is 1. The van der Waals surface area contributed by atoms with Crippen LogP contribution in [-0.4, -0.2) is 46.5 Å². The van der Waals surface area contributed by atoms with Gasteiger partial charge in [-0.05, 0) is 45.4 Å². The van der Waals surface area contributed by atoms with Crippen molar-refractivity contribution in [3.63, 3.8) is 0 Å². The van der Waals surface area contributed by atoms with Crippen LogP contribution in [0.15, 0.2) is 24.4 Å². The number of amides is 1. The third-order valence-electron chi connectivity index (χ3n) is 4.51. The SMILES string of the molecule is Cc1nc(-c2ccccn2)sc1C(=O)NCCN1CCCC[C@H]1C. The molecule has 1 aliphatic rings. The van der Waals surface area contributed by atoms with E-state index >= 15 is 0 Å². The predicted octanol–water partition coefficient (Wildman–Crippen LogP) is 3.12. The Morgan fingerprint density at radius 3 is 3.04 bits per heavy atom. The van der Waals surface area contributed by atoms with Crippen molar-refractivity contribution < 1.29 is 4.79 Å². The van der Waals surface area contributed by atoms with E-state index in [0.717, 1.165) is 29.5 Å². The fourth-order valence-corrected chi connectivity index (χ4v) is 4.05. The maximum Gasteiger partial charge on any atom is 0.263 e. The van der Waals surface area contributed by atoms with Crippen LogP contribution in [0.1, 0.15) is 41.6 Å². The van der Waals surface area contributed by atoms with Crippen molar-refractivity contribution in [2.24, 2.45) is 0 Å². The average Bonchev–Trinajstić information content (AvgIpc) is 2.99. The Balaban J connectivity index is 1.58. The summed E-state index contributed by atoms with van der Waals surface area (Å²) in [7, 11) is 0. The van der Waals surface area contributed by atoms with Crippen LogP contribution in [0, 0.1) is 6.92 Å². The summed E-state index contributed by atoms with van der Waals surface area (Å²) in [5.41, 5.74) is 1.58. The van der Waals surface area contributed by atoms with E-state index in [0.29, 0.717) is 17.5 Å². The molecule has 3 heterocycles. The Bertz CT molecular complexity index is 686. The van der Waals surface area contributed by atoms with Crippen molar-refractivity contribution in [1.82, 2.24) is 20.2 Å². The van der Waals surface area contributed by atoms with E-state index in [1.54, 1.807) is 6.20 Å². The number of nitrogens with one attached hydrogen (secondary N) is 1. The highest BCUT2D eigenvalue weighted by molar-refractivity contribution is 7.17. The normalized spacial score (nSPS) is 18.5. The van der Waals surface area contributed by atoms with Crippen LogP contribution in [0.25, 0.3) is 10.7 Å². The number of nitrogens with zero attached hydrogens (tertiary/aromatic N) is 3. The van der Waals surface area contributed by atoms with Gasteiger partial charge in [0, 0.05) is 25.3 Å². The van der Waals surface area contributed by atoms with Gasteiger partial charge in [-0.3, -0.25) is 14.7 Å². The second-order valence-corrected chi connectivity index (χ2v) is 7.28. The molecule has 0 aliphatic carbocycles. The second kappa shape index (κ2) is 7.85. The zero-order valence-corrected chi connectivity index (χ0v) is 15.1. The number of thiazole rings is 1. The summed E-state index contributed by atoms with van der Waals surface area (Å²) < 4.78 is 0. The molecule has 1 aliphatic heterocycles. The molecule has 0 bridgehead atoms. The van der Waals surface area contributed by atoms with Gasteiger partial charge in [-0.1, -0.05) is 12.5 Å². The van der Waals surface area contributed by atoms with E-state index < -0.39 is 0 Å². The molecule has 6 heteroatoms. The molecule has 128 valence electrons. The van der Waals surface area contributed by atoms with Crippen LogP contribution in [0.2, 0.25) is 0 Å². The standard InChI is InChI=1S/C18H24N4OS/c1-13-7-4-6-11-22(13)12-10-20-17(23)16-14(2)21-18(24-16)15-8-3-5-9-19-15/h3,5,8-9,13H,4,6-7,10-12H2,1-2H3,(H,20,23)/t13-/m1/s1. The van der Waals surface area contributed by atoms with Gasteiger partial charge in [0.1, 0.15) is 9.88 Å². The Labute approximate surface area is 147 Å². The lowest BCUT2D eigenvalue weighted by atomic mass is 10.0. The summed E-state index contributed by atoms with van der Waals surface area (Å²) in [6.45, 7) is 6.88. The average molecular weight is 344 g/mol. The predicted molar refractivity (Wildman–Crippen MR) is 97.3 cm³/mol. The topological polar surface area (TPSA) is 58.1 Å². The van der Waals surface area contributed by atoms with Gasteiger partial charge < -0.3 is 5.32 Å². The van der Waals surface area contributed by atoms with Crippen LogP contribution in [0.3, 0.4) is 0 Å². The molecule has 1 fully saturated rings. The van der Waals surface area contributed by atoms with Gasteiger partial charge in [0.2, 0.25) is 0 Å². The number of rotatable bonds is 5. The fourth-order valence-electron chi connectivity index (χ4n) is 3.09. The Morgan fingerprint density at radius 1 is 1.42 bits per heavy atom. The molecule has 5 nitrogen and oxygen atoms in total. The molecular weight excluding hydrogens is 320 g/mol. The molecule has 0 radical (unpaired) electrons. The molecule has 0 aromatic carbocycles. The third-order valence-corrected chi connectivity index (χ3v) is 5.69. The third kappa shape index (κ3) is 3.99. The number of carbonyl (C=O) groups is 1. The largest absolute Gasteiger partial charge is 0.350 e. The number of aromatic nitrogens is 2. The van der Waals surface area contributed by atoms with Crippen LogP contribution >= 0.6 is 11.3 Å². The molecule has 1 amide bonds. The van der Waals surface area contributed by atoms with Gasteiger partial charge >= 0.3 is 0 Å². The first-order chi connectivity index (χ1) is 11.6. The molecule has 1 atom stereocenters. The van der Waals surface area contributed by atoms with E-state index in [4.69, 9.17) is 0 Å². The summed E-state index contributed by atoms with van der Waals surface area (Å²) in [5.74, 6) is -0.0307. The van der Waals surface area contributed by atoms with Crippen LogP contribution in [0.4, 0.5) is 0 Å². The highest BCUT2D eigenvalue weighted by atomic mass is 32.1. The van der Waals surface area contributed by atoms with Crippen molar-refractivity contribution in [2.45, 2.75) is 39.2 Å². The first-order valence-corrected chi connectivity index (χ1v) is 9.38. The molecule has 3 rings (SSSR count). The molecule has 0 unspecified atom stereocenters. The Morgan fingerprint density at radius 2 is 2.29 bits per heavy atom.